The van der Waals surface area contributed by atoms with Gasteiger partial charge in [-0.2, -0.15) is 0 Å². The summed E-state index contributed by atoms with van der Waals surface area (Å²) in [7, 11) is 0. The van der Waals surface area contributed by atoms with E-state index in [-0.39, 0.29) is 5.82 Å². The van der Waals surface area contributed by atoms with Crippen LogP contribution in [0, 0.1) is 0 Å². The number of rotatable bonds is 0. The summed E-state index contributed by atoms with van der Waals surface area (Å²) in [6.07, 6.45) is 0. The fourth-order valence-corrected chi connectivity index (χ4v) is 0. The Labute approximate surface area is 40.4 Å². The summed E-state index contributed by atoms with van der Waals surface area (Å²) in [6, 6.07) is 0. The molecule has 0 saturated carbocycles. The molecule has 0 N–H and O–H groups in total. The van der Waals surface area contributed by atoms with Crippen LogP contribution in [0.25, 0.3) is 0 Å². The van der Waals surface area contributed by atoms with Gasteiger partial charge in [-0.05, 0) is 0 Å². The summed E-state index contributed by atoms with van der Waals surface area (Å²) in [6.45, 7) is 4.65. The minimum atomic E-state index is 0.250. The van der Waals surface area contributed by atoms with E-state index in [4.69, 9.17) is 0 Å². The molecule has 0 aliphatic heterocycles. The van der Waals surface area contributed by atoms with Gasteiger partial charge in [0.15, 0.2) is 0 Å². The molecule has 4 heavy (non-hydrogen) atoms. The molecule has 0 nitrogen and oxygen atoms in total. The summed E-state index contributed by atoms with van der Waals surface area (Å²) >= 11 is 1.50. The second kappa shape index (κ2) is 2.26. The average Bonchev–Trinajstić information content (AvgIpc) is 0.811. The standard InChI is InChI=1S/C2H6Si.Sn.H/c1-3-2;;/h1-2H3;;. The Balaban J connectivity index is 2.80. The van der Waals surface area contributed by atoms with Crippen molar-refractivity contribution in [3.63, 3.8) is 0 Å². The van der Waals surface area contributed by atoms with Crippen LogP contribution >= 0.6 is 0 Å². The molecule has 0 unspecified atom stereocenters. The van der Waals surface area contributed by atoms with Crippen molar-refractivity contribution in [3.8, 4) is 0 Å². The molecule has 0 aliphatic rings. The summed E-state index contributed by atoms with van der Waals surface area (Å²) in [5.41, 5.74) is 0. The SMILES string of the molecule is C[Si](C)=[SnH]. The van der Waals surface area contributed by atoms with E-state index >= 15 is 0 Å². The van der Waals surface area contributed by atoms with Gasteiger partial charge in [0.1, 0.15) is 0 Å². The maximum absolute atomic E-state index is 2.33. The third-order valence-corrected chi connectivity index (χ3v) is 0. The first-order valence-corrected chi connectivity index (χ1v) is 8.81. The number of hydrogen-bond donors (Lipinski definition) is 0. The first-order valence-electron chi connectivity index (χ1n) is 1.29. The molecular formula is C2H7SiSn. The molecule has 0 bridgehead atoms. The Morgan fingerprint density at radius 1 is 1.50 bits per heavy atom. The monoisotopic (exact) mass is 179 g/mol. The van der Waals surface area contributed by atoms with Crippen LogP contribution in [0.1, 0.15) is 0 Å². The van der Waals surface area contributed by atoms with Crippen LogP contribution < -0.4 is 0 Å². The van der Waals surface area contributed by atoms with Gasteiger partial charge in [-0.3, -0.25) is 0 Å². The van der Waals surface area contributed by atoms with Crippen LogP contribution in [0.5, 0.6) is 0 Å². The Morgan fingerprint density at radius 2 is 1.50 bits per heavy atom. The molecule has 1 radical (unpaired) electrons. The minimum absolute atomic E-state index is 0.250. The summed E-state index contributed by atoms with van der Waals surface area (Å²) in [5.74, 6) is 0.250. The molecule has 0 aromatic heterocycles. The van der Waals surface area contributed by atoms with Crippen molar-refractivity contribution in [2.75, 3.05) is 0 Å². The molecule has 23 valence electrons. The summed E-state index contributed by atoms with van der Waals surface area (Å²) in [4.78, 5) is 0. The van der Waals surface area contributed by atoms with Crippen LogP contribution in [0.4, 0.5) is 0 Å². The van der Waals surface area contributed by atoms with Gasteiger partial charge in [-0.25, -0.2) is 0 Å². The van der Waals surface area contributed by atoms with Gasteiger partial charge in [0.2, 0.25) is 0 Å². The van der Waals surface area contributed by atoms with Crippen molar-refractivity contribution < 1.29 is 0 Å². The van der Waals surface area contributed by atoms with Crippen LogP contribution in [-0.2, 0) is 0 Å². The second-order valence-electron chi connectivity index (χ2n) is 1.08. The maximum atomic E-state index is 2.33. The quantitative estimate of drug-likeness (QED) is 0.462. The molecule has 0 rings (SSSR count). The molecule has 0 amide bonds. The predicted octanol–water partition coefficient (Wildman–Crippen LogP) is 0.138. The van der Waals surface area contributed by atoms with E-state index in [1.165, 1.54) is 21.2 Å². The Kier molecular flexibility index (Phi) is 2.84. The Morgan fingerprint density at radius 3 is 1.50 bits per heavy atom. The van der Waals surface area contributed by atoms with E-state index in [1.807, 2.05) is 0 Å². The molecule has 0 aromatic rings. The summed E-state index contributed by atoms with van der Waals surface area (Å²) < 4.78 is 0. The van der Waals surface area contributed by atoms with E-state index in [2.05, 4.69) is 13.1 Å². The van der Waals surface area contributed by atoms with Gasteiger partial charge in [0.05, 0.1) is 0 Å². The van der Waals surface area contributed by atoms with Gasteiger partial charge in [0.25, 0.3) is 0 Å². The van der Waals surface area contributed by atoms with E-state index in [1.54, 1.807) is 0 Å². The third-order valence-electron chi connectivity index (χ3n) is 0. The fourth-order valence-electron chi connectivity index (χ4n) is 0. The number of hydrogen-bond acceptors (Lipinski definition) is 0. The molecule has 2 heteroatoms. The van der Waals surface area contributed by atoms with Crippen molar-refractivity contribution in [3.05, 3.63) is 0 Å². The van der Waals surface area contributed by atoms with Gasteiger partial charge in [-0.15, -0.1) is 0 Å². The van der Waals surface area contributed by atoms with E-state index in [9.17, 15) is 0 Å². The van der Waals surface area contributed by atoms with Gasteiger partial charge < -0.3 is 0 Å². The molecule has 0 fully saturated rings. The topological polar surface area (TPSA) is 0 Å². The van der Waals surface area contributed by atoms with Crippen LogP contribution in [-0.4, -0.2) is 27.0 Å². The van der Waals surface area contributed by atoms with E-state index in [0.717, 1.165) is 0 Å². The second-order valence-corrected chi connectivity index (χ2v) is 13.1. The van der Waals surface area contributed by atoms with E-state index < -0.39 is 0 Å². The third kappa shape index (κ3) is 11.9. The molecule has 0 heterocycles. The molecule has 0 atom stereocenters. The van der Waals surface area contributed by atoms with Gasteiger partial charge >= 0.3 is 40.1 Å². The Bertz CT molecular complexity index is 29.0. The molecule has 0 aromatic carbocycles. The average molecular weight is 178 g/mol. The van der Waals surface area contributed by atoms with Gasteiger partial charge in [-0.1, -0.05) is 0 Å². The first kappa shape index (κ1) is 5.02. The van der Waals surface area contributed by atoms with Crippen LogP contribution in [0.3, 0.4) is 0 Å². The zero-order valence-corrected chi connectivity index (χ0v) is 7.37. The first-order chi connectivity index (χ1) is 1.73. The normalized spacial score (nSPS) is 6.50. The van der Waals surface area contributed by atoms with Crippen molar-refractivity contribution in [2.24, 2.45) is 0 Å². The van der Waals surface area contributed by atoms with Crippen molar-refractivity contribution >= 4 is 27.0 Å². The zero-order chi connectivity index (χ0) is 3.58. The van der Waals surface area contributed by atoms with Crippen molar-refractivity contribution in [1.82, 2.24) is 0 Å². The van der Waals surface area contributed by atoms with Crippen LogP contribution in [0.15, 0.2) is 0 Å². The van der Waals surface area contributed by atoms with Crippen LogP contribution in [0.2, 0.25) is 13.1 Å². The zero-order valence-electron chi connectivity index (χ0n) is 3.08. The molecule has 0 saturated heterocycles. The molecular weight excluding hydrogens is 171 g/mol. The molecule has 0 spiro atoms. The van der Waals surface area contributed by atoms with Crippen molar-refractivity contribution in [1.29, 1.82) is 0 Å². The predicted molar refractivity (Wildman–Crippen MR) is 24.6 cm³/mol. The Hall–Kier alpha value is 1.02. The molecule has 0 aliphatic carbocycles. The summed E-state index contributed by atoms with van der Waals surface area (Å²) in [5, 5.41) is 0. The van der Waals surface area contributed by atoms with E-state index in [0.29, 0.717) is 0 Å². The fraction of sp³-hybridized carbons (Fsp3) is 1.00. The van der Waals surface area contributed by atoms with Gasteiger partial charge in [0, 0.05) is 0 Å². The van der Waals surface area contributed by atoms with Crippen molar-refractivity contribution in [2.45, 2.75) is 13.1 Å².